The van der Waals surface area contributed by atoms with Gasteiger partial charge in [-0.25, -0.2) is 4.79 Å². The van der Waals surface area contributed by atoms with Crippen LogP contribution in [0.4, 0.5) is 0 Å². The molecule has 0 radical (unpaired) electrons. The predicted octanol–water partition coefficient (Wildman–Crippen LogP) is 7.80. The lowest BCUT2D eigenvalue weighted by molar-refractivity contribution is 0.0600. The van der Waals surface area contributed by atoms with Crippen molar-refractivity contribution in [3.8, 4) is 0 Å². The van der Waals surface area contributed by atoms with Crippen LogP contribution in [0, 0.1) is 0 Å². The fraction of sp³-hybridized carbons (Fsp3) is 0.156. The molecule has 0 aliphatic heterocycles. The van der Waals surface area contributed by atoms with Crippen LogP contribution in [0.3, 0.4) is 0 Å². The van der Waals surface area contributed by atoms with Crippen molar-refractivity contribution in [3.63, 3.8) is 0 Å². The third-order valence-corrected chi connectivity index (χ3v) is 6.94. The summed E-state index contributed by atoms with van der Waals surface area (Å²) in [5.41, 5.74) is 8.75. The largest absolute Gasteiger partial charge is 0.465 e. The maximum Gasteiger partial charge on any atom is 0.337 e. The van der Waals surface area contributed by atoms with Crippen LogP contribution in [0.2, 0.25) is 0 Å². The number of methoxy groups -OCH3 is 1. The van der Waals surface area contributed by atoms with Crippen molar-refractivity contribution in [1.29, 1.82) is 0 Å². The Hall–Kier alpha value is -3.91. The smallest absolute Gasteiger partial charge is 0.337 e. The standard InChI is InChI=1S/C32H28O2/c1-21(22-12-14-24(15-13-22)31(33)34-4)25-16-17-30-29(20-25)28(18-19-32(30,2)3)27-11-7-9-23-8-5-6-10-26(23)27/h5-18,20H,1,19H2,2-4H3. The third-order valence-electron chi connectivity index (χ3n) is 6.94. The third kappa shape index (κ3) is 3.76. The van der Waals surface area contributed by atoms with Crippen LogP contribution in [0.15, 0.2) is 97.6 Å². The summed E-state index contributed by atoms with van der Waals surface area (Å²) >= 11 is 0. The van der Waals surface area contributed by atoms with Gasteiger partial charge >= 0.3 is 5.97 Å². The molecule has 0 saturated carbocycles. The topological polar surface area (TPSA) is 26.3 Å². The van der Waals surface area contributed by atoms with Gasteiger partial charge in [-0.1, -0.05) is 93.2 Å². The van der Waals surface area contributed by atoms with Gasteiger partial charge in [0, 0.05) is 0 Å². The van der Waals surface area contributed by atoms with Crippen LogP contribution >= 0.6 is 0 Å². The molecule has 0 spiro atoms. The highest BCUT2D eigenvalue weighted by Crippen LogP contribution is 2.44. The highest BCUT2D eigenvalue weighted by molar-refractivity contribution is 5.99. The van der Waals surface area contributed by atoms with Crippen molar-refractivity contribution in [3.05, 3.63) is 131 Å². The Kier molecular flexibility index (Phi) is 5.45. The Morgan fingerprint density at radius 2 is 1.50 bits per heavy atom. The molecule has 34 heavy (non-hydrogen) atoms. The van der Waals surface area contributed by atoms with Crippen molar-refractivity contribution in [2.75, 3.05) is 7.11 Å². The molecule has 0 saturated heterocycles. The molecule has 0 unspecified atom stereocenters. The summed E-state index contributed by atoms with van der Waals surface area (Å²) in [6, 6.07) is 29.3. The molecule has 2 heteroatoms. The Labute approximate surface area is 201 Å². The molecule has 1 aliphatic carbocycles. The van der Waals surface area contributed by atoms with Gasteiger partial charge in [0.15, 0.2) is 0 Å². The van der Waals surface area contributed by atoms with Crippen LogP contribution in [0.1, 0.15) is 58.4 Å². The lowest BCUT2D eigenvalue weighted by atomic mass is 9.71. The van der Waals surface area contributed by atoms with Crippen LogP contribution < -0.4 is 0 Å². The van der Waals surface area contributed by atoms with Crippen molar-refractivity contribution < 1.29 is 9.53 Å². The average molecular weight is 445 g/mol. The van der Waals surface area contributed by atoms with E-state index in [-0.39, 0.29) is 11.4 Å². The maximum absolute atomic E-state index is 11.8. The summed E-state index contributed by atoms with van der Waals surface area (Å²) in [7, 11) is 1.39. The molecular formula is C32H28O2. The van der Waals surface area contributed by atoms with Gasteiger partial charge in [0.1, 0.15) is 0 Å². The van der Waals surface area contributed by atoms with E-state index in [4.69, 9.17) is 4.74 Å². The van der Waals surface area contributed by atoms with E-state index in [0.717, 1.165) is 23.1 Å². The Morgan fingerprint density at radius 1 is 0.824 bits per heavy atom. The molecule has 0 fully saturated rings. The van der Waals surface area contributed by atoms with E-state index in [1.807, 2.05) is 12.1 Å². The zero-order chi connectivity index (χ0) is 23.9. The highest BCUT2D eigenvalue weighted by atomic mass is 16.5. The monoisotopic (exact) mass is 444 g/mol. The molecule has 168 valence electrons. The first-order valence-electron chi connectivity index (χ1n) is 11.6. The minimum atomic E-state index is -0.335. The van der Waals surface area contributed by atoms with Crippen molar-refractivity contribution in [2.45, 2.75) is 25.7 Å². The summed E-state index contributed by atoms with van der Waals surface area (Å²) < 4.78 is 4.82. The van der Waals surface area contributed by atoms with Crippen LogP contribution in [-0.2, 0) is 10.2 Å². The fourth-order valence-electron chi connectivity index (χ4n) is 4.93. The highest BCUT2D eigenvalue weighted by Gasteiger charge is 2.29. The molecule has 2 nitrogen and oxygen atoms in total. The first kappa shape index (κ1) is 21.9. The molecule has 1 aliphatic rings. The molecule has 0 amide bonds. The minimum Gasteiger partial charge on any atom is -0.465 e. The van der Waals surface area contributed by atoms with E-state index in [1.54, 1.807) is 12.1 Å². The van der Waals surface area contributed by atoms with Gasteiger partial charge in [-0.3, -0.25) is 0 Å². The van der Waals surface area contributed by atoms with E-state index < -0.39 is 0 Å². The van der Waals surface area contributed by atoms with Gasteiger partial charge in [0.05, 0.1) is 12.7 Å². The van der Waals surface area contributed by atoms with Crippen molar-refractivity contribution >= 4 is 27.9 Å². The molecule has 0 heterocycles. The molecule has 5 rings (SSSR count). The minimum absolute atomic E-state index is 0.0610. The van der Waals surface area contributed by atoms with Gasteiger partial charge in [0.2, 0.25) is 0 Å². The molecule has 0 N–H and O–H groups in total. The quantitative estimate of drug-likeness (QED) is 0.300. The normalized spacial score (nSPS) is 14.3. The molecule has 0 bridgehead atoms. The second kappa shape index (κ2) is 8.46. The van der Waals surface area contributed by atoms with E-state index in [0.29, 0.717) is 5.56 Å². The van der Waals surface area contributed by atoms with E-state index in [2.05, 4.69) is 87.2 Å². The number of ether oxygens (including phenoxy) is 1. The number of fused-ring (bicyclic) bond motifs is 2. The molecular weight excluding hydrogens is 416 g/mol. The summed E-state index contributed by atoms with van der Waals surface area (Å²) in [6.45, 7) is 9.00. The molecule has 0 aromatic heterocycles. The van der Waals surface area contributed by atoms with Gasteiger partial charge in [-0.2, -0.15) is 0 Å². The van der Waals surface area contributed by atoms with Crippen LogP contribution in [0.5, 0.6) is 0 Å². The Bertz CT molecular complexity index is 1450. The molecule has 4 aromatic rings. The number of carbonyl (C=O) groups is 1. The lowest BCUT2D eigenvalue weighted by Gasteiger charge is -2.33. The number of carbonyl (C=O) groups excluding carboxylic acids is 1. The van der Waals surface area contributed by atoms with E-state index >= 15 is 0 Å². The van der Waals surface area contributed by atoms with E-state index in [9.17, 15) is 4.79 Å². The second-order valence-electron chi connectivity index (χ2n) is 9.54. The summed E-state index contributed by atoms with van der Waals surface area (Å²) in [6.07, 6.45) is 3.38. The van der Waals surface area contributed by atoms with Crippen LogP contribution in [-0.4, -0.2) is 13.1 Å². The number of hydrogen-bond acceptors (Lipinski definition) is 2. The zero-order valence-corrected chi connectivity index (χ0v) is 19.9. The summed E-state index contributed by atoms with van der Waals surface area (Å²) in [5.74, 6) is -0.335. The maximum atomic E-state index is 11.8. The molecule has 0 atom stereocenters. The Morgan fingerprint density at radius 3 is 2.26 bits per heavy atom. The van der Waals surface area contributed by atoms with Crippen molar-refractivity contribution in [1.82, 2.24) is 0 Å². The van der Waals surface area contributed by atoms with Gasteiger partial charge in [-0.05, 0) is 79.8 Å². The zero-order valence-electron chi connectivity index (χ0n) is 19.9. The molecule has 4 aromatic carbocycles. The number of benzene rings is 4. The summed E-state index contributed by atoms with van der Waals surface area (Å²) in [5, 5.41) is 2.52. The van der Waals surface area contributed by atoms with Crippen molar-refractivity contribution in [2.24, 2.45) is 0 Å². The lowest BCUT2D eigenvalue weighted by Crippen LogP contribution is -2.22. The number of esters is 1. The average Bonchev–Trinajstić information content (AvgIpc) is 2.87. The predicted molar refractivity (Wildman–Crippen MR) is 141 cm³/mol. The SMILES string of the molecule is C=C(c1ccc(C(=O)OC)cc1)c1ccc2c(c1)C(c1cccc3ccccc13)=CCC2(C)C. The van der Waals surface area contributed by atoms with E-state index in [1.165, 1.54) is 40.1 Å². The van der Waals surface area contributed by atoms with Gasteiger partial charge in [-0.15, -0.1) is 0 Å². The number of hydrogen-bond donors (Lipinski definition) is 0. The number of rotatable bonds is 4. The summed E-state index contributed by atoms with van der Waals surface area (Å²) in [4.78, 5) is 11.8. The fourth-order valence-corrected chi connectivity index (χ4v) is 4.93. The van der Waals surface area contributed by atoms with Gasteiger partial charge < -0.3 is 4.74 Å². The first-order valence-corrected chi connectivity index (χ1v) is 11.6. The van der Waals surface area contributed by atoms with Crippen LogP contribution in [0.25, 0.3) is 21.9 Å². The second-order valence-corrected chi connectivity index (χ2v) is 9.54. The Balaban J connectivity index is 1.60. The van der Waals surface area contributed by atoms with Gasteiger partial charge in [0.25, 0.3) is 0 Å². The first-order chi connectivity index (χ1) is 16.4. The number of allylic oxidation sites excluding steroid dienone is 1.